The number of halogens is 2. The van der Waals surface area contributed by atoms with Crippen LogP contribution < -0.4 is 10.6 Å². The molecule has 4 rings (SSSR count). The molecule has 0 saturated heterocycles. The van der Waals surface area contributed by atoms with Gasteiger partial charge in [-0.25, -0.2) is 9.97 Å². The van der Waals surface area contributed by atoms with Crippen LogP contribution in [0.1, 0.15) is 5.56 Å². The van der Waals surface area contributed by atoms with Crippen LogP contribution in [0, 0.1) is 0 Å². The minimum absolute atomic E-state index is 0.713. The molecule has 0 bridgehead atoms. The van der Waals surface area contributed by atoms with E-state index in [1.807, 2.05) is 60.7 Å². The molecule has 0 unspecified atom stereocenters. The third kappa shape index (κ3) is 4.38. The second kappa shape index (κ2) is 7.94. The first-order valence-corrected chi connectivity index (χ1v) is 9.60. The molecule has 0 amide bonds. The van der Waals surface area contributed by atoms with Crippen LogP contribution in [-0.2, 0) is 6.54 Å². The first-order chi connectivity index (χ1) is 13.2. The van der Waals surface area contributed by atoms with Crippen molar-refractivity contribution in [3.05, 3.63) is 88.1 Å². The van der Waals surface area contributed by atoms with Crippen molar-refractivity contribution in [1.29, 1.82) is 0 Å². The summed E-state index contributed by atoms with van der Waals surface area (Å²) in [4.78, 5) is 8.79. The molecule has 4 nitrogen and oxygen atoms in total. The number of anilines is 3. The molecule has 0 fully saturated rings. The van der Waals surface area contributed by atoms with Crippen molar-refractivity contribution in [3.63, 3.8) is 0 Å². The Bertz CT molecular complexity index is 1080. The van der Waals surface area contributed by atoms with Gasteiger partial charge in [0.25, 0.3) is 0 Å². The molecule has 0 aliphatic heterocycles. The van der Waals surface area contributed by atoms with Crippen molar-refractivity contribution < 1.29 is 0 Å². The predicted molar refractivity (Wildman–Crippen MR) is 116 cm³/mol. The Labute approximate surface area is 170 Å². The fraction of sp³-hybridized carbons (Fsp3) is 0.0476. The zero-order valence-corrected chi connectivity index (χ0v) is 16.6. The summed E-state index contributed by atoms with van der Waals surface area (Å²) in [6.45, 7) is 0.713. The zero-order chi connectivity index (χ0) is 18.6. The van der Waals surface area contributed by atoms with Gasteiger partial charge >= 0.3 is 0 Å². The molecule has 0 aliphatic rings. The van der Waals surface area contributed by atoms with Crippen molar-refractivity contribution in [2.24, 2.45) is 0 Å². The number of hydrogen-bond acceptors (Lipinski definition) is 4. The van der Waals surface area contributed by atoms with Gasteiger partial charge in [-0.2, -0.15) is 0 Å². The first-order valence-electron chi connectivity index (χ1n) is 8.43. The highest BCUT2D eigenvalue weighted by Gasteiger charge is 2.06. The van der Waals surface area contributed by atoms with Crippen LogP contribution in [-0.4, -0.2) is 9.97 Å². The summed E-state index contributed by atoms with van der Waals surface area (Å²) in [5, 5.41) is 8.51. The molecule has 4 aromatic rings. The largest absolute Gasteiger partial charge is 0.381 e. The molecule has 1 heterocycles. The lowest BCUT2D eigenvalue weighted by molar-refractivity contribution is 1.15. The summed E-state index contributed by atoms with van der Waals surface area (Å²) in [6, 6.07) is 21.9. The lowest BCUT2D eigenvalue weighted by Gasteiger charge is -2.11. The molecule has 0 spiro atoms. The highest BCUT2D eigenvalue weighted by atomic mass is 79.9. The molecular weight excluding hydrogens is 424 g/mol. The number of aromatic nitrogens is 2. The summed E-state index contributed by atoms with van der Waals surface area (Å²) in [5.74, 6) is 0.772. The van der Waals surface area contributed by atoms with E-state index in [2.05, 4.69) is 42.6 Å². The van der Waals surface area contributed by atoms with Crippen molar-refractivity contribution >= 4 is 55.6 Å². The Morgan fingerprint density at radius 2 is 1.74 bits per heavy atom. The highest BCUT2D eigenvalue weighted by Crippen LogP contribution is 2.27. The fourth-order valence-corrected chi connectivity index (χ4v) is 3.30. The molecule has 0 saturated carbocycles. The third-order valence-corrected chi connectivity index (χ3v) is 4.88. The molecule has 1 aromatic heterocycles. The van der Waals surface area contributed by atoms with E-state index < -0.39 is 0 Å². The lowest BCUT2D eigenvalue weighted by Crippen LogP contribution is -2.00. The standard InChI is InChI=1S/C21H16BrClN4/c22-15-2-1-3-18(10-15)27-21-19-11-17(8-9-20(19)25-13-26-21)24-12-14-4-6-16(23)7-5-14/h1-11,13,24H,12H2,(H,25,26,27). The topological polar surface area (TPSA) is 49.8 Å². The van der Waals surface area contributed by atoms with E-state index >= 15 is 0 Å². The van der Waals surface area contributed by atoms with Crippen LogP contribution in [0.3, 0.4) is 0 Å². The van der Waals surface area contributed by atoms with E-state index in [1.54, 1.807) is 6.33 Å². The van der Waals surface area contributed by atoms with Crippen LogP contribution in [0.5, 0.6) is 0 Å². The summed E-state index contributed by atoms with van der Waals surface area (Å²) in [7, 11) is 0. The van der Waals surface area contributed by atoms with Crippen LogP contribution in [0.2, 0.25) is 5.02 Å². The van der Waals surface area contributed by atoms with Gasteiger partial charge < -0.3 is 10.6 Å². The Kier molecular flexibility index (Phi) is 5.23. The van der Waals surface area contributed by atoms with E-state index in [0.717, 1.165) is 43.2 Å². The van der Waals surface area contributed by atoms with Crippen LogP contribution in [0.15, 0.2) is 77.5 Å². The Hall–Kier alpha value is -2.63. The number of rotatable bonds is 5. The fourth-order valence-electron chi connectivity index (χ4n) is 2.78. The van der Waals surface area contributed by atoms with Crippen molar-refractivity contribution in [2.75, 3.05) is 10.6 Å². The van der Waals surface area contributed by atoms with Crippen LogP contribution in [0.4, 0.5) is 17.2 Å². The molecule has 2 N–H and O–H groups in total. The monoisotopic (exact) mass is 438 g/mol. The van der Waals surface area contributed by atoms with Gasteiger partial charge in [-0.1, -0.05) is 45.7 Å². The Balaban J connectivity index is 1.59. The number of nitrogens with one attached hydrogen (secondary N) is 2. The molecule has 0 aliphatic carbocycles. The van der Waals surface area contributed by atoms with Gasteiger partial charge in [0.2, 0.25) is 0 Å². The van der Waals surface area contributed by atoms with Gasteiger partial charge in [-0.15, -0.1) is 0 Å². The molecule has 0 radical (unpaired) electrons. The normalized spacial score (nSPS) is 10.7. The van der Waals surface area contributed by atoms with Gasteiger partial charge in [0.05, 0.1) is 5.52 Å². The van der Waals surface area contributed by atoms with Crippen LogP contribution >= 0.6 is 27.5 Å². The second-order valence-electron chi connectivity index (χ2n) is 6.07. The maximum Gasteiger partial charge on any atom is 0.141 e. The van der Waals surface area contributed by atoms with Gasteiger partial charge in [-0.05, 0) is 54.1 Å². The number of nitrogens with zero attached hydrogens (tertiary/aromatic N) is 2. The number of fused-ring (bicyclic) bond motifs is 1. The van der Waals surface area contributed by atoms with E-state index in [0.29, 0.717) is 6.54 Å². The van der Waals surface area contributed by atoms with Crippen molar-refractivity contribution in [3.8, 4) is 0 Å². The van der Waals surface area contributed by atoms with E-state index in [4.69, 9.17) is 11.6 Å². The molecule has 134 valence electrons. The average Bonchev–Trinajstić information content (AvgIpc) is 2.68. The molecule has 27 heavy (non-hydrogen) atoms. The van der Waals surface area contributed by atoms with Crippen molar-refractivity contribution in [1.82, 2.24) is 9.97 Å². The van der Waals surface area contributed by atoms with E-state index in [9.17, 15) is 0 Å². The van der Waals surface area contributed by atoms with Gasteiger partial charge in [0, 0.05) is 32.8 Å². The van der Waals surface area contributed by atoms with E-state index in [1.165, 1.54) is 0 Å². The minimum Gasteiger partial charge on any atom is -0.381 e. The first kappa shape index (κ1) is 17.8. The van der Waals surface area contributed by atoms with Gasteiger partial charge in [0.1, 0.15) is 12.1 Å². The van der Waals surface area contributed by atoms with Gasteiger partial charge in [-0.3, -0.25) is 0 Å². The second-order valence-corrected chi connectivity index (χ2v) is 7.42. The molecule has 6 heteroatoms. The van der Waals surface area contributed by atoms with E-state index in [-0.39, 0.29) is 0 Å². The zero-order valence-electron chi connectivity index (χ0n) is 14.3. The Morgan fingerprint density at radius 3 is 2.56 bits per heavy atom. The predicted octanol–water partition coefficient (Wildman–Crippen LogP) is 6.40. The molecule has 3 aromatic carbocycles. The Morgan fingerprint density at radius 1 is 0.889 bits per heavy atom. The number of benzene rings is 3. The summed E-state index contributed by atoms with van der Waals surface area (Å²) in [5.41, 5.74) is 4.02. The quantitative estimate of drug-likeness (QED) is 0.378. The summed E-state index contributed by atoms with van der Waals surface area (Å²) in [6.07, 6.45) is 1.57. The highest BCUT2D eigenvalue weighted by molar-refractivity contribution is 9.10. The average molecular weight is 440 g/mol. The maximum atomic E-state index is 5.94. The van der Waals surface area contributed by atoms with Crippen molar-refractivity contribution in [2.45, 2.75) is 6.54 Å². The SMILES string of the molecule is Clc1ccc(CNc2ccc3ncnc(Nc4cccc(Br)c4)c3c2)cc1. The lowest BCUT2D eigenvalue weighted by atomic mass is 10.2. The summed E-state index contributed by atoms with van der Waals surface area (Å²) >= 11 is 9.44. The maximum absolute atomic E-state index is 5.94. The smallest absolute Gasteiger partial charge is 0.141 e. The third-order valence-electron chi connectivity index (χ3n) is 4.13. The van der Waals surface area contributed by atoms with Crippen LogP contribution in [0.25, 0.3) is 10.9 Å². The summed E-state index contributed by atoms with van der Waals surface area (Å²) < 4.78 is 1.01. The minimum atomic E-state index is 0.713. The van der Waals surface area contributed by atoms with Gasteiger partial charge in [0.15, 0.2) is 0 Å². The molecular formula is C21H16BrClN4. The molecule has 0 atom stereocenters. The number of hydrogen-bond donors (Lipinski definition) is 2.